The van der Waals surface area contributed by atoms with Crippen molar-refractivity contribution < 1.29 is 0 Å². The minimum absolute atomic E-state index is 0.676. The monoisotopic (exact) mass is 229 g/mol. The first-order valence-corrected chi connectivity index (χ1v) is 7.14. The maximum Gasteiger partial charge on any atom is 0.0210 e. The Balaban J connectivity index is 1.56. The van der Waals surface area contributed by atoms with E-state index in [1.54, 1.807) is 5.56 Å². The van der Waals surface area contributed by atoms with Gasteiger partial charge in [-0.15, -0.1) is 0 Å². The highest BCUT2D eigenvalue weighted by atomic mass is 14.9. The molecule has 0 aromatic heterocycles. The smallest absolute Gasteiger partial charge is 0.0210 e. The zero-order chi connectivity index (χ0) is 11.7. The van der Waals surface area contributed by atoms with Crippen LogP contribution in [0.25, 0.3) is 0 Å². The quantitative estimate of drug-likeness (QED) is 0.781. The number of benzene rings is 1. The number of hydrogen-bond donors (Lipinski definition) is 1. The van der Waals surface area contributed by atoms with Crippen LogP contribution in [-0.4, -0.2) is 6.04 Å². The Kier molecular flexibility index (Phi) is 3.19. The second-order valence-electron chi connectivity index (χ2n) is 5.93. The third-order valence-electron chi connectivity index (χ3n) is 4.10. The summed E-state index contributed by atoms with van der Waals surface area (Å²) in [7, 11) is 0. The molecule has 1 atom stereocenters. The molecule has 3 rings (SSSR count). The molecule has 1 N–H and O–H groups in total. The van der Waals surface area contributed by atoms with Crippen LogP contribution in [0.5, 0.6) is 0 Å². The van der Waals surface area contributed by atoms with E-state index in [4.69, 9.17) is 0 Å². The lowest BCUT2D eigenvalue weighted by Crippen LogP contribution is -2.26. The van der Waals surface area contributed by atoms with Gasteiger partial charge in [-0.2, -0.15) is 0 Å². The molecule has 1 aromatic carbocycles. The van der Waals surface area contributed by atoms with Gasteiger partial charge >= 0.3 is 0 Å². The van der Waals surface area contributed by atoms with Crippen molar-refractivity contribution in [3.8, 4) is 0 Å². The lowest BCUT2D eigenvalue weighted by molar-refractivity contribution is 0.486. The molecule has 17 heavy (non-hydrogen) atoms. The average Bonchev–Trinajstić information content (AvgIpc) is 3.20. The van der Waals surface area contributed by atoms with Gasteiger partial charge in [0, 0.05) is 12.6 Å². The highest BCUT2D eigenvalue weighted by Crippen LogP contribution is 2.41. The van der Waals surface area contributed by atoms with Gasteiger partial charge in [-0.1, -0.05) is 37.1 Å². The van der Waals surface area contributed by atoms with Crippen LogP contribution in [0.4, 0.5) is 0 Å². The Bertz CT molecular complexity index is 377. The fourth-order valence-corrected chi connectivity index (χ4v) is 2.71. The Morgan fingerprint density at radius 3 is 2.65 bits per heavy atom. The molecule has 2 fully saturated rings. The molecule has 0 heterocycles. The molecule has 0 saturated heterocycles. The number of rotatable bonds is 6. The van der Waals surface area contributed by atoms with E-state index in [9.17, 15) is 0 Å². The maximum absolute atomic E-state index is 3.69. The first-order valence-electron chi connectivity index (χ1n) is 7.14. The highest BCUT2D eigenvalue weighted by Gasteiger charge is 2.26. The molecule has 2 aliphatic rings. The van der Waals surface area contributed by atoms with Crippen molar-refractivity contribution in [2.24, 2.45) is 5.92 Å². The van der Waals surface area contributed by atoms with E-state index in [2.05, 4.69) is 36.5 Å². The van der Waals surface area contributed by atoms with Crippen molar-refractivity contribution in [3.63, 3.8) is 0 Å². The summed E-state index contributed by atoms with van der Waals surface area (Å²) in [6.07, 6.45) is 7.09. The molecule has 0 aliphatic heterocycles. The molecule has 0 radical (unpaired) electrons. The van der Waals surface area contributed by atoms with Crippen molar-refractivity contribution in [1.82, 2.24) is 5.32 Å². The van der Waals surface area contributed by atoms with Gasteiger partial charge in [-0.05, 0) is 49.1 Å². The second-order valence-corrected chi connectivity index (χ2v) is 5.93. The van der Waals surface area contributed by atoms with Gasteiger partial charge in [0.2, 0.25) is 0 Å². The number of hydrogen-bond acceptors (Lipinski definition) is 1. The Hall–Kier alpha value is -0.820. The van der Waals surface area contributed by atoms with Gasteiger partial charge in [-0.25, -0.2) is 0 Å². The summed E-state index contributed by atoms with van der Waals surface area (Å²) in [5.41, 5.74) is 3.12. The molecular formula is C16H23N. The second kappa shape index (κ2) is 4.81. The third kappa shape index (κ3) is 3.10. The molecule has 1 aromatic rings. The summed E-state index contributed by atoms with van der Waals surface area (Å²) in [6, 6.07) is 9.65. The molecule has 0 bridgehead atoms. The maximum atomic E-state index is 3.69. The third-order valence-corrected chi connectivity index (χ3v) is 4.10. The molecule has 1 nitrogen and oxygen atoms in total. The van der Waals surface area contributed by atoms with E-state index < -0.39 is 0 Å². The molecule has 2 aliphatic carbocycles. The van der Waals surface area contributed by atoms with Crippen LogP contribution in [-0.2, 0) is 6.54 Å². The number of nitrogens with one attached hydrogen (secondary N) is 1. The van der Waals surface area contributed by atoms with Crippen LogP contribution >= 0.6 is 0 Å². The summed E-state index contributed by atoms with van der Waals surface area (Å²) in [5, 5.41) is 3.69. The van der Waals surface area contributed by atoms with Crippen molar-refractivity contribution in [2.45, 2.75) is 57.5 Å². The zero-order valence-electron chi connectivity index (χ0n) is 10.8. The summed E-state index contributed by atoms with van der Waals surface area (Å²) < 4.78 is 0. The van der Waals surface area contributed by atoms with E-state index in [0.29, 0.717) is 6.04 Å². The minimum Gasteiger partial charge on any atom is -0.310 e. The van der Waals surface area contributed by atoms with E-state index in [1.807, 2.05) is 0 Å². The normalized spacial score (nSPS) is 21.5. The largest absolute Gasteiger partial charge is 0.310 e. The summed E-state index contributed by atoms with van der Waals surface area (Å²) in [4.78, 5) is 0. The fourth-order valence-electron chi connectivity index (χ4n) is 2.71. The van der Waals surface area contributed by atoms with E-state index >= 15 is 0 Å². The van der Waals surface area contributed by atoms with Gasteiger partial charge < -0.3 is 5.32 Å². The fraction of sp³-hybridized carbons (Fsp3) is 0.625. The van der Waals surface area contributed by atoms with Crippen LogP contribution in [0.1, 0.15) is 56.1 Å². The SMILES string of the molecule is CC(CC1CC1)NCc1ccccc1C1CC1. The van der Waals surface area contributed by atoms with Crippen LogP contribution in [0.15, 0.2) is 24.3 Å². The highest BCUT2D eigenvalue weighted by molar-refractivity contribution is 5.33. The Morgan fingerprint density at radius 1 is 1.18 bits per heavy atom. The molecule has 1 heteroatoms. The van der Waals surface area contributed by atoms with Crippen LogP contribution in [0, 0.1) is 5.92 Å². The lowest BCUT2D eigenvalue weighted by Gasteiger charge is -2.15. The molecule has 1 unspecified atom stereocenters. The van der Waals surface area contributed by atoms with Gasteiger partial charge in [0.05, 0.1) is 0 Å². The van der Waals surface area contributed by atoms with E-state index in [1.165, 1.54) is 37.7 Å². The van der Waals surface area contributed by atoms with Gasteiger partial charge in [-0.3, -0.25) is 0 Å². The minimum atomic E-state index is 0.676. The van der Waals surface area contributed by atoms with E-state index in [0.717, 1.165) is 18.4 Å². The molecule has 92 valence electrons. The van der Waals surface area contributed by atoms with E-state index in [-0.39, 0.29) is 0 Å². The summed E-state index contributed by atoms with van der Waals surface area (Å²) in [6.45, 7) is 3.39. The summed E-state index contributed by atoms with van der Waals surface area (Å²) in [5.74, 6) is 1.89. The first-order chi connectivity index (χ1) is 8.33. The molecular weight excluding hydrogens is 206 g/mol. The molecule has 0 spiro atoms. The summed E-state index contributed by atoms with van der Waals surface area (Å²) >= 11 is 0. The molecule has 2 saturated carbocycles. The van der Waals surface area contributed by atoms with Crippen molar-refractivity contribution in [1.29, 1.82) is 0 Å². The Labute approximate surface area is 105 Å². The van der Waals surface area contributed by atoms with Gasteiger partial charge in [0.25, 0.3) is 0 Å². The Morgan fingerprint density at radius 2 is 1.94 bits per heavy atom. The van der Waals surface area contributed by atoms with Crippen LogP contribution < -0.4 is 5.32 Å². The molecule has 0 amide bonds. The first kappa shape index (κ1) is 11.3. The predicted molar refractivity (Wildman–Crippen MR) is 72.1 cm³/mol. The zero-order valence-corrected chi connectivity index (χ0v) is 10.8. The van der Waals surface area contributed by atoms with Gasteiger partial charge in [0.15, 0.2) is 0 Å². The van der Waals surface area contributed by atoms with Crippen molar-refractivity contribution in [3.05, 3.63) is 35.4 Å². The van der Waals surface area contributed by atoms with Gasteiger partial charge in [0.1, 0.15) is 0 Å². The standard InChI is InChI=1S/C16H23N/c1-12(10-13-6-7-13)17-11-15-4-2-3-5-16(15)14-8-9-14/h2-5,12-14,17H,6-11H2,1H3. The van der Waals surface area contributed by atoms with Crippen molar-refractivity contribution >= 4 is 0 Å². The topological polar surface area (TPSA) is 12.0 Å². The van der Waals surface area contributed by atoms with Crippen LogP contribution in [0.3, 0.4) is 0 Å². The lowest BCUT2D eigenvalue weighted by atomic mass is 10.0. The predicted octanol–water partition coefficient (Wildman–Crippen LogP) is 3.84. The average molecular weight is 229 g/mol. The van der Waals surface area contributed by atoms with Crippen LogP contribution in [0.2, 0.25) is 0 Å². The van der Waals surface area contributed by atoms with Crippen molar-refractivity contribution in [2.75, 3.05) is 0 Å².